The highest BCUT2D eigenvalue weighted by atomic mass is 127. The lowest BCUT2D eigenvalue weighted by Gasteiger charge is -2.06. The predicted octanol–water partition coefficient (Wildman–Crippen LogP) is 1.81. The molecule has 0 atom stereocenters. The number of hydrogen-bond acceptors (Lipinski definition) is 4. The highest BCUT2D eigenvalue weighted by Crippen LogP contribution is 2.14. The molecule has 2 aromatic rings. The number of halogens is 1. The van der Waals surface area contributed by atoms with E-state index in [1.807, 2.05) is 36.7 Å². The molecule has 0 unspecified atom stereocenters. The number of rotatable bonds is 8. The number of hydrogen-bond donors (Lipinski definition) is 2. The van der Waals surface area contributed by atoms with E-state index in [0.29, 0.717) is 25.7 Å². The lowest BCUT2D eigenvalue weighted by molar-refractivity contribution is 0.182. The first kappa shape index (κ1) is 21.4. The molecule has 0 saturated heterocycles. The van der Waals surface area contributed by atoms with Crippen molar-refractivity contribution in [1.29, 1.82) is 0 Å². The van der Waals surface area contributed by atoms with Crippen LogP contribution in [0.5, 0.6) is 0 Å². The predicted molar refractivity (Wildman–Crippen MR) is 110 cm³/mol. The molecule has 2 rings (SSSR count). The van der Waals surface area contributed by atoms with Gasteiger partial charge in [0.15, 0.2) is 5.96 Å². The zero-order valence-electron chi connectivity index (χ0n) is 15.0. The Balaban J connectivity index is 0.00000312. The van der Waals surface area contributed by atoms with Crippen LogP contribution in [-0.4, -0.2) is 41.0 Å². The van der Waals surface area contributed by atoms with Crippen LogP contribution in [0.15, 0.2) is 29.4 Å². The van der Waals surface area contributed by atoms with Crippen molar-refractivity contribution in [2.75, 3.05) is 20.3 Å². The van der Waals surface area contributed by atoms with Crippen LogP contribution < -0.4 is 11.1 Å². The molecule has 3 N–H and O–H groups in total. The highest BCUT2D eigenvalue weighted by molar-refractivity contribution is 14.0. The minimum Gasteiger partial charge on any atom is -0.383 e. The normalized spacial score (nSPS) is 11.2. The van der Waals surface area contributed by atoms with Crippen LogP contribution in [0.3, 0.4) is 0 Å². The van der Waals surface area contributed by atoms with Gasteiger partial charge in [-0.05, 0) is 26.0 Å². The summed E-state index contributed by atoms with van der Waals surface area (Å²) in [4.78, 5) is 8.70. The molecule has 0 aliphatic heterocycles. The number of aliphatic imine (C=N–C) groups is 1. The number of nitrogens with one attached hydrogen (secondary N) is 1. The summed E-state index contributed by atoms with van der Waals surface area (Å²) >= 11 is 0. The van der Waals surface area contributed by atoms with Gasteiger partial charge < -0.3 is 15.8 Å². The van der Waals surface area contributed by atoms with E-state index in [4.69, 9.17) is 10.5 Å². The maximum atomic E-state index is 5.94. The van der Waals surface area contributed by atoms with Gasteiger partial charge in [-0.2, -0.15) is 5.10 Å². The third-order valence-electron chi connectivity index (χ3n) is 3.86. The molecule has 0 spiro atoms. The van der Waals surface area contributed by atoms with Crippen LogP contribution in [0.25, 0.3) is 0 Å². The van der Waals surface area contributed by atoms with Crippen LogP contribution in [0.2, 0.25) is 0 Å². The molecule has 8 heteroatoms. The van der Waals surface area contributed by atoms with E-state index in [2.05, 4.69) is 20.4 Å². The standard InChI is InChI=1S/C17H26N6O.HI/c1-13-16(14(2)23(22-13)10-11-24-3)12-21-17(18)20-9-7-15-6-4-5-8-19-15;/h4-6,8H,7,9-12H2,1-3H3,(H3,18,20,21);1H. The fourth-order valence-electron chi connectivity index (χ4n) is 2.44. The Morgan fingerprint density at radius 3 is 2.84 bits per heavy atom. The van der Waals surface area contributed by atoms with E-state index in [0.717, 1.165) is 35.6 Å². The number of pyridine rings is 1. The number of methoxy groups -OCH3 is 1. The molecule has 138 valence electrons. The van der Waals surface area contributed by atoms with Gasteiger partial charge in [0.2, 0.25) is 0 Å². The van der Waals surface area contributed by atoms with Crippen molar-refractivity contribution in [1.82, 2.24) is 20.1 Å². The van der Waals surface area contributed by atoms with Crippen molar-refractivity contribution in [2.24, 2.45) is 10.7 Å². The number of guanidine groups is 1. The zero-order chi connectivity index (χ0) is 17.4. The molecule has 0 aliphatic carbocycles. The maximum Gasteiger partial charge on any atom is 0.188 e. The van der Waals surface area contributed by atoms with Crippen LogP contribution >= 0.6 is 24.0 Å². The highest BCUT2D eigenvalue weighted by Gasteiger charge is 2.10. The molecule has 2 aromatic heterocycles. The average molecular weight is 458 g/mol. The quantitative estimate of drug-likeness (QED) is 0.358. The Hall–Kier alpha value is -1.68. The monoisotopic (exact) mass is 458 g/mol. The van der Waals surface area contributed by atoms with Gasteiger partial charge >= 0.3 is 0 Å². The second-order valence-corrected chi connectivity index (χ2v) is 5.56. The fraction of sp³-hybridized carbons (Fsp3) is 0.471. The van der Waals surface area contributed by atoms with Crippen LogP contribution in [0, 0.1) is 13.8 Å². The Morgan fingerprint density at radius 1 is 1.36 bits per heavy atom. The smallest absolute Gasteiger partial charge is 0.188 e. The molecule has 0 saturated carbocycles. The average Bonchev–Trinajstić information content (AvgIpc) is 2.85. The van der Waals surface area contributed by atoms with E-state index in [-0.39, 0.29) is 24.0 Å². The summed E-state index contributed by atoms with van der Waals surface area (Å²) in [6.45, 7) is 6.65. The summed E-state index contributed by atoms with van der Waals surface area (Å²) in [6.07, 6.45) is 2.60. The third-order valence-corrected chi connectivity index (χ3v) is 3.86. The van der Waals surface area contributed by atoms with Crippen molar-refractivity contribution in [3.05, 3.63) is 47.0 Å². The molecule has 0 aliphatic rings. The second-order valence-electron chi connectivity index (χ2n) is 5.56. The maximum absolute atomic E-state index is 5.94. The van der Waals surface area contributed by atoms with Crippen molar-refractivity contribution >= 4 is 29.9 Å². The molecule has 0 aromatic carbocycles. The first-order valence-corrected chi connectivity index (χ1v) is 8.07. The van der Waals surface area contributed by atoms with Crippen LogP contribution in [0.4, 0.5) is 0 Å². The topological polar surface area (TPSA) is 90.3 Å². The minimum atomic E-state index is 0. The number of aryl methyl sites for hydroxylation is 1. The molecule has 0 amide bonds. The van der Waals surface area contributed by atoms with Crippen LogP contribution in [0.1, 0.15) is 22.6 Å². The van der Waals surface area contributed by atoms with Crippen molar-refractivity contribution in [2.45, 2.75) is 33.4 Å². The molecule has 2 heterocycles. The minimum absolute atomic E-state index is 0. The molecular formula is C17H27IN6O. The number of nitrogens with zero attached hydrogens (tertiary/aromatic N) is 4. The lowest BCUT2D eigenvalue weighted by Crippen LogP contribution is -2.33. The van der Waals surface area contributed by atoms with Gasteiger partial charge in [-0.15, -0.1) is 24.0 Å². The van der Waals surface area contributed by atoms with E-state index in [1.165, 1.54) is 0 Å². The Morgan fingerprint density at radius 2 is 2.16 bits per heavy atom. The molecule has 0 radical (unpaired) electrons. The van der Waals surface area contributed by atoms with Gasteiger partial charge in [0.25, 0.3) is 0 Å². The molecule has 7 nitrogen and oxygen atoms in total. The molecular weight excluding hydrogens is 431 g/mol. The Bertz CT molecular complexity index is 671. The summed E-state index contributed by atoms with van der Waals surface area (Å²) in [7, 11) is 1.69. The van der Waals surface area contributed by atoms with Gasteiger partial charge in [0.1, 0.15) is 0 Å². The van der Waals surface area contributed by atoms with Crippen molar-refractivity contribution in [3.8, 4) is 0 Å². The summed E-state index contributed by atoms with van der Waals surface area (Å²) in [5.74, 6) is 0.439. The Kier molecular flexibility index (Phi) is 9.43. The molecule has 25 heavy (non-hydrogen) atoms. The largest absolute Gasteiger partial charge is 0.383 e. The van der Waals surface area contributed by atoms with E-state index in [1.54, 1.807) is 13.3 Å². The van der Waals surface area contributed by atoms with E-state index < -0.39 is 0 Å². The lowest BCUT2D eigenvalue weighted by atomic mass is 10.2. The summed E-state index contributed by atoms with van der Waals surface area (Å²) in [5, 5.41) is 7.65. The van der Waals surface area contributed by atoms with Gasteiger partial charge in [0, 0.05) is 43.2 Å². The SMILES string of the molecule is COCCn1nc(C)c(CN=C(N)NCCc2ccccn2)c1C.I. The van der Waals surface area contributed by atoms with Crippen molar-refractivity contribution in [3.63, 3.8) is 0 Å². The summed E-state index contributed by atoms with van der Waals surface area (Å²) < 4.78 is 7.06. The number of ether oxygens (including phenoxy) is 1. The van der Waals surface area contributed by atoms with E-state index >= 15 is 0 Å². The van der Waals surface area contributed by atoms with Gasteiger partial charge in [-0.3, -0.25) is 9.67 Å². The molecule has 0 bridgehead atoms. The first-order chi connectivity index (χ1) is 11.6. The summed E-state index contributed by atoms with van der Waals surface area (Å²) in [5.41, 5.74) is 10.2. The first-order valence-electron chi connectivity index (χ1n) is 8.07. The third kappa shape index (κ3) is 6.62. The van der Waals surface area contributed by atoms with Crippen molar-refractivity contribution < 1.29 is 4.74 Å². The zero-order valence-corrected chi connectivity index (χ0v) is 17.4. The van der Waals surface area contributed by atoms with Gasteiger partial charge in [0.05, 0.1) is 25.4 Å². The number of aromatic nitrogens is 3. The van der Waals surface area contributed by atoms with Gasteiger partial charge in [-0.1, -0.05) is 6.07 Å². The number of nitrogens with two attached hydrogens (primary N) is 1. The Labute approximate surface area is 166 Å². The molecule has 0 fully saturated rings. The summed E-state index contributed by atoms with van der Waals surface area (Å²) in [6, 6.07) is 5.88. The van der Waals surface area contributed by atoms with Gasteiger partial charge in [-0.25, -0.2) is 4.99 Å². The van der Waals surface area contributed by atoms with Crippen LogP contribution in [-0.2, 0) is 24.2 Å². The fourth-order valence-corrected chi connectivity index (χ4v) is 2.44. The van der Waals surface area contributed by atoms with E-state index in [9.17, 15) is 0 Å². The second kappa shape index (κ2) is 11.0.